The fourth-order valence-corrected chi connectivity index (χ4v) is 4.53. The number of amides is 2. The Hall–Kier alpha value is -2.61. The van der Waals surface area contributed by atoms with Crippen LogP contribution in [0, 0.1) is 0 Å². The minimum Gasteiger partial charge on any atom is -0.491 e. The zero-order valence-corrected chi connectivity index (χ0v) is 17.3. The van der Waals surface area contributed by atoms with E-state index < -0.39 is 0 Å². The third kappa shape index (κ3) is 4.59. The molecule has 1 aliphatic carbocycles. The topological polar surface area (TPSA) is 94.5 Å². The number of aliphatic imine (C=N–C) groups is 1. The van der Waals surface area contributed by atoms with Crippen molar-refractivity contribution >= 4 is 23.5 Å². The van der Waals surface area contributed by atoms with Gasteiger partial charge in [-0.3, -0.25) is 14.9 Å². The van der Waals surface area contributed by atoms with Crippen molar-refractivity contribution in [2.45, 2.75) is 57.5 Å². The smallest absolute Gasteiger partial charge is 0.246 e. The summed E-state index contributed by atoms with van der Waals surface area (Å²) in [5.74, 6) is 1.30. The van der Waals surface area contributed by atoms with Gasteiger partial charge in [0.05, 0.1) is 13.2 Å². The monoisotopic (exact) mass is 414 g/mol. The zero-order valence-electron chi connectivity index (χ0n) is 17.3. The highest BCUT2D eigenvalue weighted by atomic mass is 16.5. The van der Waals surface area contributed by atoms with Crippen LogP contribution in [0.4, 0.5) is 5.69 Å². The summed E-state index contributed by atoms with van der Waals surface area (Å²) in [7, 11) is 0. The summed E-state index contributed by atoms with van der Waals surface area (Å²) < 4.78 is 5.96. The highest BCUT2D eigenvalue weighted by Crippen LogP contribution is 2.36. The summed E-state index contributed by atoms with van der Waals surface area (Å²) >= 11 is 0. The van der Waals surface area contributed by atoms with Gasteiger partial charge in [-0.05, 0) is 25.3 Å². The molecular weight excluding hydrogens is 384 g/mol. The van der Waals surface area contributed by atoms with E-state index in [1.807, 2.05) is 28.0 Å². The normalized spacial score (nSPS) is 18.4. The van der Waals surface area contributed by atoms with Crippen LogP contribution in [0.2, 0.25) is 0 Å². The fourth-order valence-electron chi connectivity index (χ4n) is 4.53. The molecule has 2 aliphatic heterocycles. The molecule has 0 radical (unpaired) electrons. The van der Waals surface area contributed by atoms with Gasteiger partial charge < -0.3 is 19.6 Å². The van der Waals surface area contributed by atoms with Gasteiger partial charge in [0.15, 0.2) is 0 Å². The number of hydrogen-bond donors (Lipinski definition) is 2. The maximum Gasteiger partial charge on any atom is 0.246 e. The molecule has 162 valence electrons. The summed E-state index contributed by atoms with van der Waals surface area (Å²) in [6.45, 7) is 1.79. The molecule has 3 aliphatic rings. The highest BCUT2D eigenvalue weighted by Gasteiger charge is 2.30. The molecule has 30 heavy (non-hydrogen) atoms. The molecule has 2 amide bonds. The van der Waals surface area contributed by atoms with Gasteiger partial charge in [0.2, 0.25) is 17.8 Å². The first-order valence-corrected chi connectivity index (χ1v) is 10.9. The molecule has 0 spiro atoms. The van der Waals surface area contributed by atoms with Crippen LogP contribution >= 0.6 is 0 Å². The lowest BCUT2D eigenvalue weighted by molar-refractivity contribution is -0.135. The quantitative estimate of drug-likeness (QED) is 0.634. The lowest BCUT2D eigenvalue weighted by atomic mass is 9.94. The van der Waals surface area contributed by atoms with Crippen molar-refractivity contribution in [1.29, 1.82) is 0 Å². The molecule has 4 rings (SSSR count). The van der Waals surface area contributed by atoms with Crippen LogP contribution < -0.4 is 10.1 Å². The fraction of sp³-hybridized carbons (Fsp3) is 0.591. The Bertz CT molecular complexity index is 819. The van der Waals surface area contributed by atoms with Crippen molar-refractivity contribution in [3.8, 4) is 5.75 Å². The molecule has 1 aromatic carbocycles. The second kappa shape index (κ2) is 9.47. The van der Waals surface area contributed by atoms with Crippen LogP contribution in [0.1, 0.15) is 50.5 Å². The second-order valence-corrected chi connectivity index (χ2v) is 8.16. The van der Waals surface area contributed by atoms with E-state index in [1.54, 1.807) is 0 Å². The van der Waals surface area contributed by atoms with Crippen LogP contribution in [0.15, 0.2) is 23.2 Å². The Morgan fingerprint density at radius 2 is 2.10 bits per heavy atom. The van der Waals surface area contributed by atoms with Crippen molar-refractivity contribution in [1.82, 2.24) is 15.1 Å². The summed E-state index contributed by atoms with van der Waals surface area (Å²) in [6, 6.07) is 6.06. The molecular formula is C22H30N4O4. The SMILES string of the molecule is O=C1CN2Cc3cccc(OCCCC(=O)N(CCO)C4CCCCC4)c3N=C2N1. The van der Waals surface area contributed by atoms with E-state index >= 15 is 0 Å². The summed E-state index contributed by atoms with van der Waals surface area (Å²) in [4.78, 5) is 32.7. The number of ether oxygens (including phenoxy) is 1. The standard InChI is InChI=1S/C22H30N4O4/c27-12-11-26(17-7-2-1-3-8-17)20(29)10-5-13-30-18-9-4-6-16-14-25-15-19(28)23-22(25)24-21(16)18/h4,6,9,17,27H,1-3,5,7-8,10-15H2,(H,23,24,28). The Morgan fingerprint density at radius 1 is 1.27 bits per heavy atom. The number of hydrogen-bond acceptors (Lipinski definition) is 6. The Morgan fingerprint density at radius 3 is 2.90 bits per heavy atom. The van der Waals surface area contributed by atoms with Crippen molar-refractivity contribution < 1.29 is 19.4 Å². The largest absolute Gasteiger partial charge is 0.491 e. The summed E-state index contributed by atoms with van der Waals surface area (Å²) in [5.41, 5.74) is 1.77. The van der Waals surface area contributed by atoms with Crippen LogP contribution in [-0.2, 0) is 16.1 Å². The zero-order chi connectivity index (χ0) is 20.9. The third-order valence-electron chi connectivity index (χ3n) is 6.02. The first-order valence-electron chi connectivity index (χ1n) is 10.9. The average molecular weight is 415 g/mol. The number of rotatable bonds is 8. The van der Waals surface area contributed by atoms with E-state index in [0.717, 1.165) is 36.9 Å². The van der Waals surface area contributed by atoms with Crippen LogP contribution in [-0.4, -0.2) is 65.0 Å². The molecule has 0 atom stereocenters. The average Bonchev–Trinajstić information content (AvgIpc) is 3.12. The summed E-state index contributed by atoms with van der Waals surface area (Å²) in [5, 5.41) is 12.1. The maximum atomic E-state index is 12.7. The molecule has 0 unspecified atom stereocenters. The lowest BCUT2D eigenvalue weighted by Crippen LogP contribution is -2.43. The number of guanidine groups is 1. The van der Waals surface area contributed by atoms with Crippen LogP contribution in [0.25, 0.3) is 0 Å². The van der Waals surface area contributed by atoms with Crippen molar-refractivity contribution in [2.24, 2.45) is 4.99 Å². The molecule has 2 fully saturated rings. The number of benzene rings is 1. The van der Waals surface area contributed by atoms with Gasteiger partial charge >= 0.3 is 0 Å². The second-order valence-electron chi connectivity index (χ2n) is 8.16. The Balaban J connectivity index is 1.31. The highest BCUT2D eigenvalue weighted by molar-refractivity contribution is 6.06. The number of aliphatic hydroxyl groups excluding tert-OH is 1. The number of aliphatic hydroxyl groups is 1. The molecule has 1 saturated carbocycles. The Kier molecular flexibility index (Phi) is 6.52. The van der Waals surface area contributed by atoms with E-state index in [2.05, 4.69) is 10.3 Å². The number of para-hydroxylation sites is 1. The number of carbonyl (C=O) groups excluding carboxylic acids is 2. The molecule has 2 N–H and O–H groups in total. The number of nitrogens with one attached hydrogen (secondary N) is 1. The first-order chi connectivity index (χ1) is 14.7. The van der Waals surface area contributed by atoms with Crippen molar-refractivity contribution in [3.63, 3.8) is 0 Å². The minimum absolute atomic E-state index is 0.00276. The minimum atomic E-state index is -0.0482. The van der Waals surface area contributed by atoms with E-state index in [4.69, 9.17) is 4.74 Å². The van der Waals surface area contributed by atoms with E-state index in [9.17, 15) is 14.7 Å². The van der Waals surface area contributed by atoms with Gasteiger partial charge in [0.25, 0.3) is 0 Å². The van der Waals surface area contributed by atoms with Crippen molar-refractivity contribution in [3.05, 3.63) is 23.8 Å². The van der Waals surface area contributed by atoms with Crippen LogP contribution in [0.3, 0.4) is 0 Å². The maximum absolute atomic E-state index is 12.7. The Labute approximate surface area is 176 Å². The summed E-state index contributed by atoms with van der Waals surface area (Å²) in [6.07, 6.45) is 6.63. The van der Waals surface area contributed by atoms with Gasteiger partial charge in [-0.1, -0.05) is 31.4 Å². The van der Waals surface area contributed by atoms with Gasteiger partial charge in [-0.15, -0.1) is 0 Å². The van der Waals surface area contributed by atoms with E-state index in [-0.39, 0.29) is 24.5 Å². The molecule has 1 aromatic rings. The predicted molar refractivity (Wildman–Crippen MR) is 112 cm³/mol. The first kappa shape index (κ1) is 20.7. The van der Waals surface area contributed by atoms with E-state index in [0.29, 0.717) is 50.8 Å². The third-order valence-corrected chi connectivity index (χ3v) is 6.02. The lowest BCUT2D eigenvalue weighted by Gasteiger charge is -2.34. The van der Waals surface area contributed by atoms with Gasteiger partial charge in [0, 0.05) is 31.1 Å². The van der Waals surface area contributed by atoms with Crippen molar-refractivity contribution in [2.75, 3.05) is 26.3 Å². The van der Waals surface area contributed by atoms with E-state index in [1.165, 1.54) is 6.42 Å². The number of nitrogens with zero attached hydrogens (tertiary/aromatic N) is 3. The number of carbonyl (C=O) groups is 2. The van der Waals surface area contributed by atoms with Crippen LogP contribution in [0.5, 0.6) is 5.75 Å². The molecule has 8 heteroatoms. The molecule has 0 bridgehead atoms. The van der Waals surface area contributed by atoms with Gasteiger partial charge in [-0.2, -0.15) is 0 Å². The van der Waals surface area contributed by atoms with Gasteiger partial charge in [-0.25, -0.2) is 4.99 Å². The molecule has 2 heterocycles. The number of fused-ring (bicyclic) bond motifs is 2. The van der Waals surface area contributed by atoms with Gasteiger partial charge in [0.1, 0.15) is 18.0 Å². The molecule has 8 nitrogen and oxygen atoms in total. The molecule has 1 saturated heterocycles. The molecule has 0 aromatic heterocycles. The predicted octanol–water partition coefficient (Wildman–Crippen LogP) is 1.93.